The molecule has 0 bridgehead atoms. The summed E-state index contributed by atoms with van der Waals surface area (Å²) in [6.45, 7) is 6.34. The molecule has 146 valence electrons. The van der Waals surface area contributed by atoms with Crippen LogP contribution >= 0.6 is 0 Å². The van der Waals surface area contributed by atoms with Crippen molar-refractivity contribution in [1.29, 1.82) is 0 Å². The van der Waals surface area contributed by atoms with Crippen molar-refractivity contribution in [2.75, 3.05) is 20.6 Å². The van der Waals surface area contributed by atoms with Crippen LogP contribution in [0.5, 0.6) is 0 Å². The van der Waals surface area contributed by atoms with Crippen molar-refractivity contribution in [3.8, 4) is 0 Å². The normalized spacial score (nSPS) is 12.4. The smallest absolute Gasteiger partial charge is 0.287 e. The summed E-state index contributed by atoms with van der Waals surface area (Å²) >= 11 is 0. The largest absolute Gasteiger partial charge is 0.451 e. The maximum Gasteiger partial charge on any atom is 0.287 e. The molecule has 0 fully saturated rings. The topological polar surface area (TPSA) is 62.6 Å². The molecule has 0 spiro atoms. The van der Waals surface area contributed by atoms with Crippen molar-refractivity contribution in [2.24, 2.45) is 0 Å². The van der Waals surface area contributed by atoms with Gasteiger partial charge in [0.1, 0.15) is 5.58 Å². The van der Waals surface area contributed by atoms with Gasteiger partial charge in [0.05, 0.1) is 11.4 Å². The zero-order valence-corrected chi connectivity index (χ0v) is 17.0. The molecular weight excluding hydrogens is 352 g/mol. The second-order valence-electron chi connectivity index (χ2n) is 7.51. The van der Waals surface area contributed by atoms with E-state index in [-0.39, 0.29) is 17.2 Å². The predicted octanol–water partition coefficient (Wildman–Crippen LogP) is 3.75. The lowest BCUT2D eigenvalue weighted by Crippen LogP contribution is -2.34. The molecule has 3 rings (SSSR count). The van der Waals surface area contributed by atoms with E-state index in [4.69, 9.17) is 4.42 Å². The molecule has 1 unspecified atom stereocenters. The highest BCUT2D eigenvalue weighted by atomic mass is 16.3. The quantitative estimate of drug-likeness (QED) is 0.734. The SMILES string of the molecule is Cc1ccc(C(CNC(=O)c2cc(=O)c3cc(C)c(C)cc3o2)N(C)C)cc1. The van der Waals surface area contributed by atoms with Crippen LogP contribution in [-0.2, 0) is 0 Å². The van der Waals surface area contributed by atoms with Gasteiger partial charge in [0, 0.05) is 12.6 Å². The Kier molecular flexibility index (Phi) is 5.66. The first kappa shape index (κ1) is 19.8. The predicted molar refractivity (Wildman–Crippen MR) is 112 cm³/mol. The van der Waals surface area contributed by atoms with E-state index in [0.717, 1.165) is 16.7 Å². The summed E-state index contributed by atoms with van der Waals surface area (Å²) < 4.78 is 5.73. The van der Waals surface area contributed by atoms with E-state index < -0.39 is 5.91 Å². The fourth-order valence-corrected chi connectivity index (χ4v) is 3.19. The van der Waals surface area contributed by atoms with Gasteiger partial charge in [0.15, 0.2) is 11.2 Å². The first-order valence-electron chi connectivity index (χ1n) is 9.32. The Bertz CT molecular complexity index is 1070. The third kappa shape index (κ3) is 4.15. The molecule has 28 heavy (non-hydrogen) atoms. The molecule has 1 aromatic heterocycles. The summed E-state index contributed by atoms with van der Waals surface area (Å²) in [7, 11) is 3.94. The monoisotopic (exact) mass is 378 g/mol. The second-order valence-corrected chi connectivity index (χ2v) is 7.51. The fraction of sp³-hybridized carbons (Fsp3) is 0.304. The third-order valence-corrected chi connectivity index (χ3v) is 5.11. The number of carbonyl (C=O) groups excluding carboxylic acids is 1. The van der Waals surface area contributed by atoms with Crippen LogP contribution in [0.25, 0.3) is 11.0 Å². The fourth-order valence-electron chi connectivity index (χ4n) is 3.19. The molecular formula is C23H26N2O3. The number of nitrogens with one attached hydrogen (secondary N) is 1. The third-order valence-electron chi connectivity index (χ3n) is 5.11. The Labute approximate surface area is 165 Å². The average molecular weight is 378 g/mol. The maximum atomic E-state index is 12.6. The number of carbonyl (C=O) groups is 1. The number of amides is 1. The minimum Gasteiger partial charge on any atom is -0.451 e. The van der Waals surface area contributed by atoms with Crippen LogP contribution in [0.4, 0.5) is 0 Å². The number of benzene rings is 2. The Morgan fingerprint density at radius 1 is 1.04 bits per heavy atom. The Hall–Kier alpha value is -2.92. The zero-order valence-electron chi connectivity index (χ0n) is 17.0. The van der Waals surface area contributed by atoms with E-state index in [9.17, 15) is 9.59 Å². The number of aryl methyl sites for hydroxylation is 3. The van der Waals surface area contributed by atoms with E-state index >= 15 is 0 Å². The van der Waals surface area contributed by atoms with Crippen molar-refractivity contribution in [3.63, 3.8) is 0 Å². The van der Waals surface area contributed by atoms with E-state index in [1.54, 1.807) is 12.1 Å². The minimum atomic E-state index is -0.392. The van der Waals surface area contributed by atoms with E-state index in [0.29, 0.717) is 17.5 Å². The van der Waals surface area contributed by atoms with Gasteiger partial charge >= 0.3 is 0 Å². The molecule has 0 radical (unpaired) electrons. The van der Waals surface area contributed by atoms with Gasteiger partial charge in [-0.3, -0.25) is 9.59 Å². The Morgan fingerprint density at radius 3 is 2.32 bits per heavy atom. The number of hydrogen-bond donors (Lipinski definition) is 1. The van der Waals surface area contributed by atoms with Crippen LogP contribution < -0.4 is 10.7 Å². The highest BCUT2D eigenvalue weighted by Crippen LogP contribution is 2.20. The molecule has 1 atom stereocenters. The number of fused-ring (bicyclic) bond motifs is 1. The van der Waals surface area contributed by atoms with Gasteiger partial charge in [0.25, 0.3) is 5.91 Å². The number of likely N-dealkylation sites (N-methyl/N-ethyl adjacent to an activating group) is 1. The molecule has 3 aromatic rings. The molecule has 1 amide bonds. The van der Waals surface area contributed by atoms with Crippen molar-refractivity contribution in [1.82, 2.24) is 10.2 Å². The molecule has 1 heterocycles. The Morgan fingerprint density at radius 2 is 1.68 bits per heavy atom. The molecule has 1 N–H and O–H groups in total. The number of rotatable bonds is 5. The van der Waals surface area contributed by atoms with Gasteiger partial charge in [-0.1, -0.05) is 29.8 Å². The minimum absolute atomic E-state index is 0.0154. The zero-order chi connectivity index (χ0) is 20.4. The summed E-state index contributed by atoms with van der Waals surface area (Å²) in [5.41, 5.74) is 4.56. The van der Waals surface area contributed by atoms with Gasteiger partial charge in [-0.25, -0.2) is 0 Å². The highest BCUT2D eigenvalue weighted by molar-refractivity contribution is 5.93. The van der Waals surface area contributed by atoms with Crippen LogP contribution in [0.3, 0.4) is 0 Å². The van der Waals surface area contributed by atoms with Gasteiger partial charge in [-0.15, -0.1) is 0 Å². The standard InChI is InChI=1S/C23H26N2O3/c1-14-6-8-17(9-7-14)19(25(4)5)13-24-23(27)22-12-20(26)18-10-15(2)16(3)11-21(18)28-22/h6-12,19H,13H2,1-5H3,(H,24,27). The molecule has 0 saturated heterocycles. The van der Waals surface area contributed by atoms with E-state index in [1.165, 1.54) is 11.6 Å². The molecule has 0 saturated carbocycles. The molecule has 2 aromatic carbocycles. The van der Waals surface area contributed by atoms with Crippen LogP contribution in [0, 0.1) is 20.8 Å². The molecule has 0 aliphatic rings. The second kappa shape index (κ2) is 7.98. The first-order valence-corrected chi connectivity index (χ1v) is 9.32. The van der Waals surface area contributed by atoms with Gasteiger partial charge in [-0.2, -0.15) is 0 Å². The van der Waals surface area contributed by atoms with Gasteiger partial charge in [0.2, 0.25) is 0 Å². The number of hydrogen-bond acceptors (Lipinski definition) is 4. The van der Waals surface area contributed by atoms with Crippen LogP contribution in [-0.4, -0.2) is 31.4 Å². The molecule has 0 aliphatic heterocycles. The lowest BCUT2D eigenvalue weighted by molar-refractivity contribution is 0.0914. The van der Waals surface area contributed by atoms with E-state index in [1.807, 2.05) is 39.8 Å². The lowest BCUT2D eigenvalue weighted by atomic mass is 10.0. The van der Waals surface area contributed by atoms with Crippen molar-refractivity contribution < 1.29 is 9.21 Å². The summed E-state index contributed by atoms with van der Waals surface area (Å²) in [6, 6.07) is 13.1. The summed E-state index contributed by atoms with van der Waals surface area (Å²) in [6.07, 6.45) is 0. The number of nitrogens with zero attached hydrogens (tertiary/aromatic N) is 1. The lowest BCUT2D eigenvalue weighted by Gasteiger charge is -2.25. The van der Waals surface area contributed by atoms with Crippen molar-refractivity contribution in [2.45, 2.75) is 26.8 Å². The molecule has 5 heteroatoms. The molecule has 5 nitrogen and oxygen atoms in total. The van der Waals surface area contributed by atoms with Crippen LogP contribution in [0.15, 0.2) is 51.7 Å². The van der Waals surface area contributed by atoms with Gasteiger partial charge in [-0.05, 0) is 63.7 Å². The summed E-state index contributed by atoms with van der Waals surface area (Å²) in [4.78, 5) is 27.1. The average Bonchev–Trinajstić information content (AvgIpc) is 2.64. The summed E-state index contributed by atoms with van der Waals surface area (Å²) in [5, 5.41) is 3.39. The van der Waals surface area contributed by atoms with Crippen LogP contribution in [0.2, 0.25) is 0 Å². The molecule has 0 aliphatic carbocycles. The van der Waals surface area contributed by atoms with Crippen LogP contribution in [0.1, 0.15) is 38.9 Å². The Balaban J connectivity index is 1.83. The van der Waals surface area contributed by atoms with Crippen molar-refractivity contribution >= 4 is 16.9 Å². The van der Waals surface area contributed by atoms with E-state index in [2.05, 4.69) is 29.6 Å². The first-order chi connectivity index (χ1) is 13.3. The summed E-state index contributed by atoms with van der Waals surface area (Å²) in [5.74, 6) is -0.363. The van der Waals surface area contributed by atoms with Gasteiger partial charge < -0.3 is 14.6 Å². The maximum absolute atomic E-state index is 12.6. The van der Waals surface area contributed by atoms with Crippen molar-refractivity contribution in [3.05, 3.63) is 80.7 Å². The highest BCUT2D eigenvalue weighted by Gasteiger charge is 2.18.